The molecule has 0 bridgehead atoms. The minimum absolute atomic E-state index is 0.111. The molecule has 36 heavy (non-hydrogen) atoms. The van der Waals surface area contributed by atoms with Crippen LogP contribution in [0.4, 0.5) is 0 Å². The van der Waals surface area contributed by atoms with Gasteiger partial charge in [0.1, 0.15) is 6.20 Å². The minimum atomic E-state index is -1.06. The largest absolute Gasteiger partial charge is 0.554 e. The van der Waals surface area contributed by atoms with Gasteiger partial charge in [0, 0.05) is 19.2 Å². The Balaban J connectivity index is 0.00000145. The molecule has 0 aliphatic heterocycles. The lowest BCUT2D eigenvalue weighted by molar-refractivity contribution is -0.387. The van der Waals surface area contributed by atoms with Gasteiger partial charge in [0.25, 0.3) is 5.91 Å². The van der Waals surface area contributed by atoms with Crippen molar-refractivity contribution in [2.45, 2.75) is 26.3 Å². The second-order valence-electron chi connectivity index (χ2n) is 8.20. The zero-order valence-corrected chi connectivity index (χ0v) is 19.7. The SMILES string of the molecule is C[C@H](CNC(=O)c1[nH]c(=O)c(C(=O)NC(C)(C)c2ccc(-c3ccn[nH]3)cc2)c[nH+]1)C(=O)O.O=C[O-]. The molecular weight excluding hydrogens is 472 g/mol. The Bertz CT molecular complexity index is 1270. The van der Waals surface area contributed by atoms with Gasteiger partial charge in [0.2, 0.25) is 0 Å². The molecule has 0 aliphatic carbocycles. The fourth-order valence-corrected chi connectivity index (χ4v) is 3.05. The van der Waals surface area contributed by atoms with Gasteiger partial charge < -0.3 is 25.6 Å². The van der Waals surface area contributed by atoms with Crippen molar-refractivity contribution in [1.82, 2.24) is 25.8 Å². The summed E-state index contributed by atoms with van der Waals surface area (Å²) in [7, 11) is 0. The highest BCUT2D eigenvalue weighted by atomic mass is 16.4. The average molecular weight is 498 g/mol. The van der Waals surface area contributed by atoms with Gasteiger partial charge in [-0.2, -0.15) is 5.10 Å². The molecule has 2 aromatic heterocycles. The second-order valence-corrected chi connectivity index (χ2v) is 8.20. The first-order valence-electron chi connectivity index (χ1n) is 10.6. The van der Waals surface area contributed by atoms with Crippen molar-refractivity contribution in [3.8, 4) is 11.3 Å². The molecule has 13 nitrogen and oxygen atoms in total. The number of aromatic nitrogens is 4. The summed E-state index contributed by atoms with van der Waals surface area (Å²) in [5, 5.41) is 29.2. The van der Waals surface area contributed by atoms with Crippen molar-refractivity contribution < 1.29 is 34.4 Å². The molecule has 0 aliphatic rings. The first kappa shape index (κ1) is 27.4. The maximum Gasteiger partial charge on any atom is 0.348 e. The number of carboxylic acids is 1. The second kappa shape index (κ2) is 12.1. The lowest BCUT2D eigenvalue weighted by atomic mass is 9.92. The van der Waals surface area contributed by atoms with Crippen LogP contribution in [0.25, 0.3) is 11.3 Å². The number of nitrogens with one attached hydrogen (secondary N) is 5. The number of aromatic amines is 3. The van der Waals surface area contributed by atoms with Crippen LogP contribution in [0, 0.1) is 5.92 Å². The Labute approximate surface area is 205 Å². The summed E-state index contributed by atoms with van der Waals surface area (Å²) in [4.78, 5) is 61.3. The molecule has 3 rings (SSSR count). The molecule has 13 heteroatoms. The van der Waals surface area contributed by atoms with Crippen LogP contribution in [-0.2, 0) is 15.1 Å². The lowest BCUT2D eigenvalue weighted by Crippen LogP contribution is -2.44. The molecule has 6 N–H and O–H groups in total. The highest BCUT2D eigenvalue weighted by Gasteiger charge is 2.27. The van der Waals surface area contributed by atoms with E-state index in [2.05, 4.69) is 30.8 Å². The molecule has 1 aromatic carbocycles. The van der Waals surface area contributed by atoms with Gasteiger partial charge in [-0.1, -0.05) is 31.2 Å². The van der Waals surface area contributed by atoms with Gasteiger partial charge in [-0.3, -0.25) is 19.5 Å². The fourth-order valence-electron chi connectivity index (χ4n) is 3.05. The molecule has 0 radical (unpaired) electrons. The number of H-pyrrole nitrogens is 3. The summed E-state index contributed by atoms with van der Waals surface area (Å²) in [5.41, 5.74) is 0.880. The summed E-state index contributed by atoms with van der Waals surface area (Å²) < 4.78 is 0. The predicted octanol–water partition coefficient (Wildman–Crippen LogP) is -0.939. The topological polar surface area (TPSA) is 211 Å². The van der Waals surface area contributed by atoms with Gasteiger partial charge in [0.15, 0.2) is 5.56 Å². The van der Waals surface area contributed by atoms with Crippen LogP contribution in [0.5, 0.6) is 0 Å². The molecular formula is C23H26N6O7. The van der Waals surface area contributed by atoms with Crippen LogP contribution < -0.4 is 26.3 Å². The standard InChI is InChI=1S/C22H24N6O5.CH2O2/c1-12(21(32)33)10-24-20(31)17-23-11-15(18(29)26-17)19(30)27-22(2,3)14-6-4-13(5-7-14)16-8-9-25-28-16;2-1-3/h4-9,11-12H,10H2,1-3H3,(H,24,31)(H,25,28)(H,27,30)(H,32,33)(H,23,26,29);1H,(H,2,3)/t12-;/m1./s1. The number of rotatable bonds is 8. The maximum absolute atomic E-state index is 12.7. The van der Waals surface area contributed by atoms with Gasteiger partial charge >= 0.3 is 23.3 Å². The summed E-state index contributed by atoms with van der Waals surface area (Å²) in [5.74, 6) is -3.35. The third-order valence-corrected chi connectivity index (χ3v) is 5.15. The molecule has 1 atom stereocenters. The van der Waals surface area contributed by atoms with Gasteiger partial charge in [-0.15, -0.1) is 0 Å². The van der Waals surface area contributed by atoms with Crippen LogP contribution in [-0.4, -0.2) is 51.1 Å². The van der Waals surface area contributed by atoms with E-state index in [1.807, 2.05) is 30.3 Å². The molecule has 190 valence electrons. The average Bonchev–Trinajstić information content (AvgIpc) is 3.37. The maximum atomic E-state index is 12.7. The number of aliphatic carboxylic acids is 1. The summed E-state index contributed by atoms with van der Waals surface area (Å²) in [6, 6.07) is 9.39. The van der Waals surface area contributed by atoms with E-state index in [9.17, 15) is 19.2 Å². The van der Waals surface area contributed by atoms with E-state index in [0.717, 1.165) is 23.0 Å². The first-order valence-corrected chi connectivity index (χ1v) is 10.6. The Morgan fingerprint density at radius 1 is 1.19 bits per heavy atom. The third kappa shape index (κ3) is 7.09. The van der Waals surface area contributed by atoms with Crippen LogP contribution in [0.3, 0.4) is 0 Å². The number of hydrogen-bond acceptors (Lipinski definition) is 7. The quantitative estimate of drug-likeness (QED) is 0.244. The zero-order chi connectivity index (χ0) is 26.9. The van der Waals surface area contributed by atoms with E-state index >= 15 is 0 Å². The lowest BCUT2D eigenvalue weighted by Gasteiger charge is -2.26. The fraction of sp³-hybridized carbons (Fsp3) is 0.261. The Morgan fingerprint density at radius 3 is 2.36 bits per heavy atom. The van der Waals surface area contributed by atoms with E-state index in [0.29, 0.717) is 0 Å². The number of nitrogens with zero attached hydrogens (tertiary/aromatic N) is 1. The minimum Gasteiger partial charge on any atom is -0.554 e. The van der Waals surface area contributed by atoms with Crippen molar-refractivity contribution in [3.05, 3.63) is 70.0 Å². The molecule has 3 aromatic rings. The van der Waals surface area contributed by atoms with E-state index in [1.165, 1.54) is 6.92 Å². The van der Waals surface area contributed by atoms with Crippen LogP contribution in [0.15, 0.2) is 47.5 Å². The van der Waals surface area contributed by atoms with Crippen molar-refractivity contribution in [2.24, 2.45) is 5.92 Å². The zero-order valence-electron chi connectivity index (χ0n) is 19.7. The Kier molecular flexibility index (Phi) is 9.19. The normalized spacial score (nSPS) is 11.4. The molecule has 0 unspecified atom stereocenters. The van der Waals surface area contributed by atoms with E-state index in [4.69, 9.17) is 15.0 Å². The number of hydrogen-bond donors (Lipinski definition) is 5. The number of carbonyl (C=O) groups is 4. The van der Waals surface area contributed by atoms with Crippen molar-refractivity contribution in [1.29, 1.82) is 0 Å². The van der Waals surface area contributed by atoms with Gasteiger partial charge in [-0.25, -0.2) is 14.8 Å². The number of carboxylic acid groups (broad SMARTS) is 2. The van der Waals surface area contributed by atoms with Crippen molar-refractivity contribution in [3.63, 3.8) is 0 Å². The van der Waals surface area contributed by atoms with Gasteiger partial charge in [-0.05, 0) is 31.0 Å². The highest BCUT2D eigenvalue weighted by molar-refractivity contribution is 5.94. The van der Waals surface area contributed by atoms with E-state index in [1.54, 1.807) is 20.0 Å². The number of benzene rings is 1. The van der Waals surface area contributed by atoms with Crippen molar-refractivity contribution in [2.75, 3.05) is 6.54 Å². The first-order chi connectivity index (χ1) is 17.0. The molecule has 2 heterocycles. The molecule has 2 amide bonds. The third-order valence-electron chi connectivity index (χ3n) is 5.15. The van der Waals surface area contributed by atoms with E-state index < -0.39 is 41.3 Å². The molecule has 0 fully saturated rings. The Hall–Kier alpha value is -4.81. The van der Waals surface area contributed by atoms with Crippen molar-refractivity contribution >= 4 is 24.3 Å². The molecule has 0 spiro atoms. The monoisotopic (exact) mass is 498 g/mol. The van der Waals surface area contributed by atoms with Gasteiger partial charge in [0.05, 0.1) is 17.2 Å². The van der Waals surface area contributed by atoms with Crippen LogP contribution >= 0.6 is 0 Å². The summed E-state index contributed by atoms with van der Waals surface area (Å²) in [6.45, 7) is 4.44. The molecule has 0 saturated carbocycles. The summed E-state index contributed by atoms with van der Waals surface area (Å²) in [6.07, 6.45) is 2.80. The number of carbonyl (C=O) groups excluding carboxylic acids is 3. The summed E-state index contributed by atoms with van der Waals surface area (Å²) >= 11 is 0. The smallest absolute Gasteiger partial charge is 0.348 e. The molecule has 0 saturated heterocycles. The van der Waals surface area contributed by atoms with E-state index in [-0.39, 0.29) is 17.9 Å². The van der Waals surface area contributed by atoms with Crippen LogP contribution in [0.2, 0.25) is 0 Å². The van der Waals surface area contributed by atoms with Crippen LogP contribution in [0.1, 0.15) is 47.3 Å². The predicted molar refractivity (Wildman–Crippen MR) is 123 cm³/mol. The number of amides is 2. The highest BCUT2D eigenvalue weighted by Crippen LogP contribution is 2.24. The Morgan fingerprint density at radius 2 is 1.83 bits per heavy atom.